The first-order valence-electron chi connectivity index (χ1n) is 7.17. The van der Waals surface area contributed by atoms with E-state index in [4.69, 9.17) is 0 Å². The molecule has 0 aliphatic heterocycles. The zero-order valence-corrected chi connectivity index (χ0v) is 13.3. The van der Waals surface area contributed by atoms with Crippen molar-refractivity contribution in [2.75, 3.05) is 0 Å². The van der Waals surface area contributed by atoms with Gasteiger partial charge in [0.2, 0.25) is 0 Å². The lowest BCUT2D eigenvalue weighted by molar-refractivity contribution is 0.0938. The van der Waals surface area contributed by atoms with Gasteiger partial charge in [-0.1, -0.05) is 48.0 Å². The number of carbonyl (C=O) groups is 1. The van der Waals surface area contributed by atoms with Crippen LogP contribution >= 0.6 is 12.6 Å². The summed E-state index contributed by atoms with van der Waals surface area (Å²) in [7, 11) is 0. The second-order valence-corrected chi connectivity index (χ2v) is 6.03. The van der Waals surface area contributed by atoms with E-state index in [1.807, 2.05) is 56.3 Å². The zero-order valence-electron chi connectivity index (χ0n) is 12.4. The number of nitrogens with one attached hydrogen (secondary N) is 1. The van der Waals surface area contributed by atoms with Crippen molar-refractivity contribution in [3.63, 3.8) is 0 Å². The quantitative estimate of drug-likeness (QED) is 0.797. The molecule has 0 saturated heterocycles. The molecule has 0 aliphatic carbocycles. The minimum absolute atomic E-state index is 0.0314. The number of thiol groups is 1. The average molecular weight is 299 g/mol. The predicted octanol–water partition coefficient (Wildman–Crippen LogP) is 4.17. The van der Waals surface area contributed by atoms with Crippen molar-refractivity contribution in [1.29, 1.82) is 0 Å². The summed E-state index contributed by atoms with van der Waals surface area (Å²) < 4.78 is 0. The van der Waals surface area contributed by atoms with E-state index in [1.54, 1.807) is 0 Å². The van der Waals surface area contributed by atoms with E-state index in [0.29, 0.717) is 5.56 Å². The number of amides is 1. The predicted molar refractivity (Wildman–Crippen MR) is 90.9 cm³/mol. The van der Waals surface area contributed by atoms with Gasteiger partial charge in [-0.05, 0) is 38.0 Å². The number of rotatable bonds is 5. The third-order valence-electron chi connectivity index (χ3n) is 3.45. The molecular formula is C18H21NOS. The van der Waals surface area contributed by atoms with E-state index in [1.165, 1.54) is 5.56 Å². The minimum atomic E-state index is -0.0314. The molecule has 0 heterocycles. The number of aryl methyl sites for hydroxylation is 1. The Balaban J connectivity index is 1.91. The maximum atomic E-state index is 12.1. The average Bonchev–Trinajstić information content (AvgIpc) is 2.48. The van der Waals surface area contributed by atoms with Crippen LogP contribution in [0, 0.1) is 6.92 Å². The number of hydrogen-bond acceptors (Lipinski definition) is 2. The molecule has 2 aromatic rings. The van der Waals surface area contributed by atoms with Gasteiger partial charge in [-0.2, -0.15) is 12.6 Å². The van der Waals surface area contributed by atoms with Gasteiger partial charge in [0.1, 0.15) is 0 Å². The van der Waals surface area contributed by atoms with Crippen molar-refractivity contribution in [1.82, 2.24) is 5.32 Å². The van der Waals surface area contributed by atoms with Crippen LogP contribution in [0.4, 0.5) is 0 Å². The molecule has 3 heteroatoms. The monoisotopic (exact) mass is 299 g/mol. The molecule has 2 nitrogen and oxygen atoms in total. The topological polar surface area (TPSA) is 29.1 Å². The molecule has 0 radical (unpaired) electrons. The minimum Gasteiger partial charge on any atom is -0.350 e. The highest BCUT2D eigenvalue weighted by Gasteiger charge is 2.14. The summed E-state index contributed by atoms with van der Waals surface area (Å²) in [5.74, 6) is -0.0314. The Bertz CT molecular complexity index is 580. The molecule has 0 bridgehead atoms. The molecule has 0 aromatic heterocycles. The van der Waals surface area contributed by atoms with Crippen molar-refractivity contribution in [2.24, 2.45) is 0 Å². The van der Waals surface area contributed by atoms with Gasteiger partial charge in [-0.25, -0.2) is 0 Å². The third kappa shape index (κ3) is 4.64. The first-order valence-corrected chi connectivity index (χ1v) is 7.68. The van der Waals surface area contributed by atoms with Gasteiger partial charge in [-0.15, -0.1) is 0 Å². The van der Waals surface area contributed by atoms with Crippen LogP contribution in [-0.4, -0.2) is 11.9 Å². The fourth-order valence-corrected chi connectivity index (χ4v) is 2.71. The molecular weight excluding hydrogens is 278 g/mol. The molecule has 0 unspecified atom stereocenters. The molecule has 2 aromatic carbocycles. The Kier molecular flexibility index (Phi) is 5.45. The largest absolute Gasteiger partial charge is 0.350 e. The highest BCUT2D eigenvalue weighted by Crippen LogP contribution is 2.24. The lowest BCUT2D eigenvalue weighted by Crippen LogP contribution is -2.33. The lowest BCUT2D eigenvalue weighted by atomic mass is 10.0. The van der Waals surface area contributed by atoms with E-state index >= 15 is 0 Å². The highest BCUT2D eigenvalue weighted by atomic mass is 32.1. The molecule has 1 amide bonds. The molecule has 0 spiro atoms. The zero-order chi connectivity index (χ0) is 15.2. The molecule has 1 N–H and O–H groups in total. The molecule has 21 heavy (non-hydrogen) atoms. The Morgan fingerprint density at radius 1 is 1.10 bits per heavy atom. The van der Waals surface area contributed by atoms with Crippen LogP contribution in [0.1, 0.15) is 40.1 Å². The van der Waals surface area contributed by atoms with Crippen LogP contribution in [-0.2, 0) is 0 Å². The molecule has 0 fully saturated rings. The van der Waals surface area contributed by atoms with E-state index in [2.05, 4.69) is 30.1 Å². The van der Waals surface area contributed by atoms with Gasteiger partial charge in [0, 0.05) is 16.9 Å². The number of hydrogen-bond donors (Lipinski definition) is 2. The van der Waals surface area contributed by atoms with Gasteiger partial charge in [0.05, 0.1) is 0 Å². The van der Waals surface area contributed by atoms with Crippen molar-refractivity contribution >= 4 is 18.5 Å². The number of benzene rings is 2. The van der Waals surface area contributed by atoms with Gasteiger partial charge in [-0.3, -0.25) is 4.79 Å². The normalized spacial score (nSPS) is 13.5. The van der Waals surface area contributed by atoms with Crippen LogP contribution in [0.25, 0.3) is 0 Å². The first kappa shape index (κ1) is 15.6. The Morgan fingerprint density at radius 3 is 2.33 bits per heavy atom. The summed E-state index contributed by atoms with van der Waals surface area (Å²) in [4.78, 5) is 12.1. The van der Waals surface area contributed by atoms with Crippen molar-refractivity contribution in [3.8, 4) is 0 Å². The standard InChI is InChI=1S/C18H21NOS/c1-13-8-10-16(11-9-13)18(20)19-14(2)12-17(21)15-6-4-3-5-7-15/h3-11,14,17,21H,12H2,1-2H3,(H,19,20)/t14-,17+/m0/s1. The maximum absolute atomic E-state index is 12.1. The second kappa shape index (κ2) is 7.32. The second-order valence-electron chi connectivity index (χ2n) is 5.40. The van der Waals surface area contributed by atoms with Crippen LogP contribution in [0.3, 0.4) is 0 Å². The summed E-state index contributed by atoms with van der Waals surface area (Å²) in [6, 6.07) is 17.8. The first-order chi connectivity index (χ1) is 10.1. The fourth-order valence-electron chi connectivity index (χ4n) is 2.22. The van der Waals surface area contributed by atoms with Crippen molar-refractivity contribution in [3.05, 3.63) is 71.3 Å². The molecule has 0 aliphatic rings. The van der Waals surface area contributed by atoms with E-state index < -0.39 is 0 Å². The van der Waals surface area contributed by atoms with Gasteiger partial charge < -0.3 is 5.32 Å². The van der Waals surface area contributed by atoms with Crippen molar-refractivity contribution < 1.29 is 4.79 Å². The maximum Gasteiger partial charge on any atom is 0.251 e. The van der Waals surface area contributed by atoms with Crippen LogP contribution < -0.4 is 5.32 Å². The van der Waals surface area contributed by atoms with Crippen LogP contribution in [0.2, 0.25) is 0 Å². The summed E-state index contributed by atoms with van der Waals surface area (Å²) >= 11 is 4.63. The van der Waals surface area contributed by atoms with Crippen molar-refractivity contribution in [2.45, 2.75) is 31.6 Å². The van der Waals surface area contributed by atoms with E-state index in [0.717, 1.165) is 12.0 Å². The van der Waals surface area contributed by atoms with Crippen LogP contribution in [0.5, 0.6) is 0 Å². The molecule has 110 valence electrons. The van der Waals surface area contributed by atoms with Gasteiger partial charge in [0.25, 0.3) is 5.91 Å². The molecule has 2 rings (SSSR count). The summed E-state index contributed by atoms with van der Waals surface area (Å²) in [5, 5.41) is 3.15. The fraction of sp³-hybridized carbons (Fsp3) is 0.278. The number of carbonyl (C=O) groups excluding carboxylic acids is 1. The third-order valence-corrected chi connectivity index (χ3v) is 3.96. The van der Waals surface area contributed by atoms with Gasteiger partial charge >= 0.3 is 0 Å². The SMILES string of the molecule is Cc1ccc(C(=O)N[C@@H](C)C[C@@H](S)c2ccccc2)cc1. The summed E-state index contributed by atoms with van der Waals surface area (Å²) in [6.45, 7) is 4.02. The molecule has 2 atom stereocenters. The van der Waals surface area contributed by atoms with E-state index in [9.17, 15) is 4.79 Å². The lowest BCUT2D eigenvalue weighted by Gasteiger charge is -2.18. The highest BCUT2D eigenvalue weighted by molar-refractivity contribution is 7.80. The Hall–Kier alpha value is -1.74. The Morgan fingerprint density at radius 2 is 1.71 bits per heavy atom. The van der Waals surface area contributed by atoms with Crippen LogP contribution in [0.15, 0.2) is 54.6 Å². The smallest absolute Gasteiger partial charge is 0.251 e. The van der Waals surface area contributed by atoms with Gasteiger partial charge in [0.15, 0.2) is 0 Å². The molecule has 0 saturated carbocycles. The van der Waals surface area contributed by atoms with E-state index in [-0.39, 0.29) is 17.2 Å². The summed E-state index contributed by atoms with van der Waals surface area (Å²) in [5.41, 5.74) is 3.03. The summed E-state index contributed by atoms with van der Waals surface area (Å²) in [6.07, 6.45) is 0.796. The Labute approximate surface area is 132 Å².